The Kier molecular flexibility index (Phi) is 3.64. The van der Waals surface area contributed by atoms with Crippen LogP contribution in [0.25, 0.3) is 0 Å². The zero-order chi connectivity index (χ0) is 13.1. The smallest absolute Gasteiger partial charge is 0.124 e. The highest BCUT2D eigenvalue weighted by Gasteiger charge is 2.20. The third-order valence-electron chi connectivity index (χ3n) is 3.20. The SMILES string of the molecule is COc1ccccc1C(NN)c1cnn(C)c1C. The van der Waals surface area contributed by atoms with Crippen molar-refractivity contribution in [2.45, 2.75) is 13.0 Å². The highest BCUT2D eigenvalue weighted by molar-refractivity contribution is 5.42. The quantitative estimate of drug-likeness (QED) is 0.630. The molecule has 0 spiro atoms. The van der Waals surface area contributed by atoms with Gasteiger partial charge in [0.05, 0.1) is 19.3 Å². The number of nitrogens with zero attached hydrogens (tertiary/aromatic N) is 2. The van der Waals surface area contributed by atoms with E-state index < -0.39 is 0 Å². The molecule has 2 aromatic rings. The van der Waals surface area contributed by atoms with E-state index in [0.717, 1.165) is 22.6 Å². The summed E-state index contributed by atoms with van der Waals surface area (Å²) < 4.78 is 7.20. The number of hydrogen-bond acceptors (Lipinski definition) is 4. The summed E-state index contributed by atoms with van der Waals surface area (Å²) in [5, 5.41) is 4.25. The molecule has 96 valence electrons. The van der Waals surface area contributed by atoms with Crippen LogP contribution in [0, 0.1) is 6.92 Å². The van der Waals surface area contributed by atoms with Gasteiger partial charge >= 0.3 is 0 Å². The van der Waals surface area contributed by atoms with Gasteiger partial charge in [0.2, 0.25) is 0 Å². The third-order valence-corrected chi connectivity index (χ3v) is 3.20. The summed E-state index contributed by atoms with van der Waals surface area (Å²) in [5.41, 5.74) is 5.95. The second kappa shape index (κ2) is 5.20. The first-order valence-electron chi connectivity index (χ1n) is 5.76. The minimum absolute atomic E-state index is 0.130. The van der Waals surface area contributed by atoms with Gasteiger partial charge in [0, 0.05) is 23.9 Å². The maximum absolute atomic E-state index is 5.70. The van der Waals surface area contributed by atoms with Crippen molar-refractivity contribution in [3.05, 3.63) is 47.3 Å². The number of hydrogen-bond donors (Lipinski definition) is 2. The van der Waals surface area contributed by atoms with Gasteiger partial charge in [-0.2, -0.15) is 5.10 Å². The van der Waals surface area contributed by atoms with Crippen LogP contribution in [0.4, 0.5) is 0 Å². The van der Waals surface area contributed by atoms with Crippen molar-refractivity contribution in [2.75, 3.05) is 7.11 Å². The van der Waals surface area contributed by atoms with E-state index in [4.69, 9.17) is 10.6 Å². The number of benzene rings is 1. The first-order chi connectivity index (χ1) is 8.69. The van der Waals surface area contributed by atoms with E-state index in [2.05, 4.69) is 10.5 Å². The number of methoxy groups -OCH3 is 1. The number of rotatable bonds is 4. The Labute approximate surface area is 107 Å². The minimum Gasteiger partial charge on any atom is -0.496 e. The number of para-hydroxylation sites is 1. The normalized spacial score (nSPS) is 12.4. The summed E-state index contributed by atoms with van der Waals surface area (Å²) in [6.07, 6.45) is 1.83. The van der Waals surface area contributed by atoms with E-state index in [1.165, 1.54) is 0 Å². The topological polar surface area (TPSA) is 65.1 Å². The second-order valence-electron chi connectivity index (χ2n) is 4.15. The molecule has 1 aromatic heterocycles. The van der Waals surface area contributed by atoms with E-state index >= 15 is 0 Å². The molecule has 5 nitrogen and oxygen atoms in total. The van der Waals surface area contributed by atoms with Crippen LogP contribution in [0.15, 0.2) is 30.5 Å². The average molecular weight is 246 g/mol. The zero-order valence-electron chi connectivity index (χ0n) is 10.8. The van der Waals surface area contributed by atoms with E-state index in [-0.39, 0.29) is 6.04 Å². The van der Waals surface area contributed by atoms with Crippen molar-refractivity contribution in [2.24, 2.45) is 12.9 Å². The Morgan fingerprint density at radius 1 is 1.33 bits per heavy atom. The summed E-state index contributed by atoms with van der Waals surface area (Å²) in [5.74, 6) is 6.50. The molecule has 0 amide bonds. The average Bonchev–Trinajstić information content (AvgIpc) is 2.73. The van der Waals surface area contributed by atoms with Crippen LogP contribution in [0.2, 0.25) is 0 Å². The Balaban J connectivity index is 2.48. The van der Waals surface area contributed by atoms with Crippen LogP contribution in [0.1, 0.15) is 22.9 Å². The van der Waals surface area contributed by atoms with Gasteiger partial charge in [-0.3, -0.25) is 10.5 Å². The minimum atomic E-state index is -0.130. The Morgan fingerprint density at radius 3 is 2.61 bits per heavy atom. The molecule has 1 unspecified atom stereocenters. The molecule has 5 heteroatoms. The fourth-order valence-corrected chi connectivity index (χ4v) is 2.05. The number of aromatic nitrogens is 2. The Bertz CT molecular complexity index is 536. The molecule has 0 saturated carbocycles. The van der Waals surface area contributed by atoms with Gasteiger partial charge in [0.1, 0.15) is 5.75 Å². The van der Waals surface area contributed by atoms with Gasteiger partial charge in [-0.15, -0.1) is 0 Å². The second-order valence-corrected chi connectivity index (χ2v) is 4.15. The summed E-state index contributed by atoms with van der Waals surface area (Å²) >= 11 is 0. The first-order valence-corrected chi connectivity index (χ1v) is 5.76. The molecular formula is C13H18N4O. The molecule has 0 fully saturated rings. The Morgan fingerprint density at radius 2 is 2.06 bits per heavy atom. The largest absolute Gasteiger partial charge is 0.496 e. The summed E-state index contributed by atoms with van der Waals surface area (Å²) in [4.78, 5) is 0. The molecule has 3 N–H and O–H groups in total. The van der Waals surface area contributed by atoms with Crippen molar-refractivity contribution in [1.29, 1.82) is 0 Å². The predicted molar refractivity (Wildman–Crippen MR) is 70.1 cm³/mol. The lowest BCUT2D eigenvalue weighted by Crippen LogP contribution is -2.29. The monoisotopic (exact) mass is 246 g/mol. The molecule has 1 atom stereocenters. The molecule has 1 aromatic carbocycles. The number of aryl methyl sites for hydroxylation is 1. The number of hydrazine groups is 1. The molecule has 0 radical (unpaired) electrons. The van der Waals surface area contributed by atoms with Gasteiger partial charge in [-0.1, -0.05) is 18.2 Å². The van der Waals surface area contributed by atoms with Crippen LogP contribution < -0.4 is 16.0 Å². The van der Waals surface area contributed by atoms with Crippen molar-refractivity contribution in [3.8, 4) is 5.75 Å². The van der Waals surface area contributed by atoms with E-state index in [1.54, 1.807) is 7.11 Å². The number of nitrogens with two attached hydrogens (primary N) is 1. The van der Waals surface area contributed by atoms with Gasteiger partial charge in [-0.05, 0) is 13.0 Å². The van der Waals surface area contributed by atoms with Crippen molar-refractivity contribution < 1.29 is 4.74 Å². The fraction of sp³-hybridized carbons (Fsp3) is 0.308. The third kappa shape index (κ3) is 2.10. The lowest BCUT2D eigenvalue weighted by Gasteiger charge is -2.18. The van der Waals surface area contributed by atoms with E-state index in [0.29, 0.717) is 0 Å². The zero-order valence-corrected chi connectivity index (χ0v) is 10.8. The lowest BCUT2D eigenvalue weighted by molar-refractivity contribution is 0.404. The molecule has 18 heavy (non-hydrogen) atoms. The first kappa shape index (κ1) is 12.6. The van der Waals surface area contributed by atoms with Gasteiger partial charge < -0.3 is 4.74 Å². The standard InChI is InChI=1S/C13H18N4O/c1-9-11(8-15-17(9)2)13(16-14)10-6-4-5-7-12(10)18-3/h4-8,13,16H,14H2,1-3H3. The van der Waals surface area contributed by atoms with Crippen LogP contribution in [0.5, 0.6) is 5.75 Å². The molecule has 0 aliphatic carbocycles. The number of nitrogens with one attached hydrogen (secondary N) is 1. The van der Waals surface area contributed by atoms with E-state index in [9.17, 15) is 0 Å². The highest BCUT2D eigenvalue weighted by atomic mass is 16.5. The molecule has 2 rings (SSSR count). The van der Waals surface area contributed by atoms with E-state index in [1.807, 2.05) is 49.1 Å². The van der Waals surface area contributed by atoms with Crippen LogP contribution in [-0.2, 0) is 7.05 Å². The maximum atomic E-state index is 5.70. The highest BCUT2D eigenvalue weighted by Crippen LogP contribution is 2.30. The van der Waals surface area contributed by atoms with Gasteiger partial charge in [-0.25, -0.2) is 5.43 Å². The van der Waals surface area contributed by atoms with Gasteiger partial charge in [0.15, 0.2) is 0 Å². The molecule has 0 saturated heterocycles. The van der Waals surface area contributed by atoms with Crippen LogP contribution in [0.3, 0.4) is 0 Å². The maximum Gasteiger partial charge on any atom is 0.124 e. The lowest BCUT2D eigenvalue weighted by atomic mass is 9.99. The van der Waals surface area contributed by atoms with Gasteiger partial charge in [0.25, 0.3) is 0 Å². The van der Waals surface area contributed by atoms with Crippen LogP contribution >= 0.6 is 0 Å². The molecule has 1 heterocycles. The molecular weight excluding hydrogens is 228 g/mol. The summed E-state index contributed by atoms with van der Waals surface area (Å²) in [7, 11) is 3.57. The predicted octanol–water partition coefficient (Wildman–Crippen LogP) is 1.29. The van der Waals surface area contributed by atoms with Crippen LogP contribution in [-0.4, -0.2) is 16.9 Å². The van der Waals surface area contributed by atoms with Crippen molar-refractivity contribution in [1.82, 2.24) is 15.2 Å². The molecule has 0 aliphatic rings. The molecule has 0 aliphatic heterocycles. The number of ether oxygens (including phenoxy) is 1. The van der Waals surface area contributed by atoms with Crippen molar-refractivity contribution in [3.63, 3.8) is 0 Å². The van der Waals surface area contributed by atoms with Crippen molar-refractivity contribution >= 4 is 0 Å². The fourth-order valence-electron chi connectivity index (χ4n) is 2.05. The Hall–Kier alpha value is -1.85. The summed E-state index contributed by atoms with van der Waals surface area (Å²) in [6.45, 7) is 2.02. The molecule has 0 bridgehead atoms. The summed E-state index contributed by atoms with van der Waals surface area (Å²) in [6, 6.07) is 7.69.